The number of aromatic hydroxyl groups is 1. The molecule has 0 aromatic heterocycles. The molecule has 0 aliphatic heterocycles. The van der Waals surface area contributed by atoms with Crippen LogP contribution in [0.1, 0.15) is 28.4 Å². The number of nitrogens with zero attached hydrogens (tertiary/aromatic N) is 1. The number of amides is 1. The number of guanidine groups is 1. The zero-order valence-electron chi connectivity index (χ0n) is 16.2. The van der Waals surface area contributed by atoms with E-state index in [1.54, 1.807) is 6.92 Å². The van der Waals surface area contributed by atoms with Gasteiger partial charge in [0.15, 0.2) is 5.96 Å². The summed E-state index contributed by atoms with van der Waals surface area (Å²) in [5.74, 6) is -0.993. The number of nitrogens with one attached hydrogen (secondary N) is 3. The van der Waals surface area contributed by atoms with Crippen LogP contribution in [-0.4, -0.2) is 36.6 Å². The van der Waals surface area contributed by atoms with Crippen LogP contribution in [0.15, 0.2) is 47.5 Å². The van der Waals surface area contributed by atoms with E-state index in [4.69, 9.17) is 0 Å². The van der Waals surface area contributed by atoms with Crippen molar-refractivity contribution in [3.05, 3.63) is 65.0 Å². The molecule has 0 atom stereocenters. The third kappa shape index (κ3) is 6.94. The molecule has 0 fully saturated rings. The van der Waals surface area contributed by atoms with Crippen molar-refractivity contribution in [3.8, 4) is 5.75 Å². The van der Waals surface area contributed by atoms with Gasteiger partial charge in [-0.25, -0.2) is 9.38 Å². The first-order valence-corrected chi connectivity index (χ1v) is 9.15. The average molecular weight is 426 g/mol. The van der Waals surface area contributed by atoms with Crippen LogP contribution >= 0.6 is 0 Å². The highest BCUT2D eigenvalue weighted by molar-refractivity contribution is 5.94. The Morgan fingerprint density at radius 2 is 1.70 bits per heavy atom. The van der Waals surface area contributed by atoms with Crippen molar-refractivity contribution in [1.29, 1.82) is 0 Å². The predicted octanol–water partition coefficient (Wildman–Crippen LogP) is 3.04. The van der Waals surface area contributed by atoms with Gasteiger partial charge in [-0.3, -0.25) is 4.79 Å². The molecule has 6 nitrogen and oxygen atoms in total. The monoisotopic (exact) mass is 426 g/mol. The Morgan fingerprint density at radius 1 is 1.03 bits per heavy atom. The molecule has 0 saturated heterocycles. The van der Waals surface area contributed by atoms with E-state index in [0.717, 1.165) is 12.1 Å². The Bertz CT molecular complexity index is 883. The summed E-state index contributed by atoms with van der Waals surface area (Å²) < 4.78 is 52.5. The summed E-state index contributed by atoms with van der Waals surface area (Å²) in [6.07, 6.45) is -4.68. The molecule has 0 radical (unpaired) electrons. The number of hydrogen-bond acceptors (Lipinski definition) is 3. The molecule has 2 aromatic rings. The lowest BCUT2D eigenvalue weighted by atomic mass is 10.1. The number of benzene rings is 2. The first kappa shape index (κ1) is 23.0. The number of alkyl halides is 3. The molecule has 4 N–H and O–H groups in total. The molecule has 162 valence electrons. The number of phenolic OH excluding ortho intramolecular Hbond substituents is 1. The van der Waals surface area contributed by atoms with Crippen molar-refractivity contribution in [2.24, 2.45) is 4.99 Å². The highest BCUT2D eigenvalue weighted by atomic mass is 19.4. The molecule has 0 heterocycles. The number of halogens is 4. The summed E-state index contributed by atoms with van der Waals surface area (Å²) in [6.45, 7) is 2.47. The molecule has 0 unspecified atom stereocenters. The fourth-order valence-corrected chi connectivity index (χ4v) is 2.53. The van der Waals surface area contributed by atoms with E-state index in [9.17, 15) is 27.5 Å². The molecule has 2 rings (SSSR count). The molecule has 0 saturated carbocycles. The number of aliphatic imine (C=N–C) groups is 1. The van der Waals surface area contributed by atoms with Gasteiger partial charge in [0.2, 0.25) is 0 Å². The van der Waals surface area contributed by atoms with Gasteiger partial charge in [0.1, 0.15) is 11.6 Å². The van der Waals surface area contributed by atoms with Crippen LogP contribution in [0.2, 0.25) is 0 Å². The van der Waals surface area contributed by atoms with Crippen molar-refractivity contribution < 1.29 is 27.5 Å². The summed E-state index contributed by atoms with van der Waals surface area (Å²) in [5, 5.41) is 17.7. The number of carbonyl (C=O) groups excluding carboxylic acids is 1. The Morgan fingerprint density at radius 3 is 2.33 bits per heavy atom. The SMILES string of the molecule is CCNC(=NCc1ccc(F)cc1C(F)(F)F)NCCNC(=O)c1ccc(O)cc1. The normalized spacial score (nSPS) is 11.8. The van der Waals surface area contributed by atoms with E-state index in [1.807, 2.05) is 0 Å². The van der Waals surface area contributed by atoms with Crippen molar-refractivity contribution in [2.45, 2.75) is 19.6 Å². The van der Waals surface area contributed by atoms with Crippen LogP contribution in [0.3, 0.4) is 0 Å². The molecule has 0 bridgehead atoms. The lowest BCUT2D eigenvalue weighted by Gasteiger charge is -2.14. The fourth-order valence-electron chi connectivity index (χ4n) is 2.53. The second-order valence-corrected chi connectivity index (χ2v) is 6.22. The summed E-state index contributed by atoms with van der Waals surface area (Å²) in [4.78, 5) is 16.1. The van der Waals surface area contributed by atoms with Crippen LogP contribution < -0.4 is 16.0 Å². The zero-order chi connectivity index (χ0) is 22.1. The summed E-state index contributed by atoms with van der Waals surface area (Å²) in [7, 11) is 0. The minimum atomic E-state index is -4.68. The Kier molecular flexibility index (Phi) is 8.02. The first-order valence-electron chi connectivity index (χ1n) is 9.15. The molecule has 1 amide bonds. The Labute approximate surface area is 171 Å². The van der Waals surface area contributed by atoms with E-state index in [1.165, 1.54) is 24.3 Å². The van der Waals surface area contributed by atoms with E-state index >= 15 is 0 Å². The third-order valence-electron chi connectivity index (χ3n) is 3.96. The van der Waals surface area contributed by atoms with Gasteiger partial charge in [-0.2, -0.15) is 13.2 Å². The number of carbonyl (C=O) groups is 1. The molecule has 10 heteroatoms. The van der Waals surface area contributed by atoms with Crippen LogP contribution in [0.25, 0.3) is 0 Å². The third-order valence-corrected chi connectivity index (χ3v) is 3.96. The molecular formula is C20H22F4N4O2. The maximum absolute atomic E-state index is 13.2. The van der Waals surface area contributed by atoms with Crippen molar-refractivity contribution in [1.82, 2.24) is 16.0 Å². The second kappa shape index (κ2) is 10.5. The van der Waals surface area contributed by atoms with Gasteiger partial charge in [0, 0.05) is 25.2 Å². The topological polar surface area (TPSA) is 85.8 Å². The Hall–Kier alpha value is -3.30. The smallest absolute Gasteiger partial charge is 0.416 e. The highest BCUT2D eigenvalue weighted by Gasteiger charge is 2.33. The van der Waals surface area contributed by atoms with E-state index in [-0.39, 0.29) is 42.8 Å². The maximum Gasteiger partial charge on any atom is 0.416 e. The molecule has 30 heavy (non-hydrogen) atoms. The minimum Gasteiger partial charge on any atom is -0.508 e. The molecular weight excluding hydrogens is 404 g/mol. The lowest BCUT2D eigenvalue weighted by Crippen LogP contribution is -2.41. The van der Waals surface area contributed by atoms with Crippen LogP contribution in [0.5, 0.6) is 5.75 Å². The van der Waals surface area contributed by atoms with Gasteiger partial charge in [0.25, 0.3) is 5.91 Å². The van der Waals surface area contributed by atoms with E-state index in [2.05, 4.69) is 20.9 Å². The number of rotatable bonds is 7. The summed E-state index contributed by atoms with van der Waals surface area (Å²) in [6, 6.07) is 8.21. The fraction of sp³-hybridized carbons (Fsp3) is 0.300. The van der Waals surface area contributed by atoms with Crippen LogP contribution in [0.4, 0.5) is 17.6 Å². The summed E-state index contributed by atoms with van der Waals surface area (Å²) >= 11 is 0. The van der Waals surface area contributed by atoms with Gasteiger partial charge < -0.3 is 21.1 Å². The van der Waals surface area contributed by atoms with Gasteiger partial charge in [-0.1, -0.05) is 6.07 Å². The standard InChI is InChI=1S/C20H22F4N4O2/c1-2-25-19(27-10-9-26-18(30)13-4-7-16(29)8-5-13)28-12-14-3-6-15(21)11-17(14)20(22,23)24/h3-8,11,29H,2,9-10,12H2,1H3,(H,26,30)(H2,25,27,28). The van der Waals surface area contributed by atoms with Crippen molar-refractivity contribution >= 4 is 11.9 Å². The average Bonchev–Trinajstić information content (AvgIpc) is 2.69. The minimum absolute atomic E-state index is 0.0505. The van der Waals surface area contributed by atoms with Crippen LogP contribution in [0, 0.1) is 5.82 Å². The lowest BCUT2D eigenvalue weighted by molar-refractivity contribution is -0.138. The van der Waals surface area contributed by atoms with Gasteiger partial charge in [-0.05, 0) is 48.9 Å². The number of hydrogen-bond donors (Lipinski definition) is 4. The van der Waals surface area contributed by atoms with E-state index in [0.29, 0.717) is 18.2 Å². The maximum atomic E-state index is 13.2. The first-order chi connectivity index (χ1) is 14.2. The molecule has 0 aliphatic rings. The summed E-state index contributed by atoms with van der Waals surface area (Å²) in [5.41, 5.74) is -0.839. The Balaban J connectivity index is 1.94. The number of phenols is 1. The quantitative estimate of drug-likeness (QED) is 0.237. The van der Waals surface area contributed by atoms with Crippen molar-refractivity contribution in [2.75, 3.05) is 19.6 Å². The highest BCUT2D eigenvalue weighted by Crippen LogP contribution is 2.32. The van der Waals surface area contributed by atoms with Gasteiger partial charge >= 0.3 is 6.18 Å². The predicted molar refractivity (Wildman–Crippen MR) is 105 cm³/mol. The molecule has 0 aliphatic carbocycles. The van der Waals surface area contributed by atoms with Crippen LogP contribution in [-0.2, 0) is 12.7 Å². The van der Waals surface area contributed by atoms with Gasteiger partial charge in [-0.15, -0.1) is 0 Å². The van der Waals surface area contributed by atoms with Gasteiger partial charge in [0.05, 0.1) is 12.1 Å². The largest absolute Gasteiger partial charge is 0.508 e. The molecule has 2 aromatic carbocycles. The molecule has 0 spiro atoms. The van der Waals surface area contributed by atoms with E-state index < -0.39 is 17.6 Å². The van der Waals surface area contributed by atoms with Crippen molar-refractivity contribution in [3.63, 3.8) is 0 Å². The zero-order valence-corrected chi connectivity index (χ0v) is 16.2. The second-order valence-electron chi connectivity index (χ2n) is 6.22.